The highest BCUT2D eigenvalue weighted by atomic mass is 19.1. The molecular weight excluding hydrogens is 411 g/mol. The van der Waals surface area contributed by atoms with Gasteiger partial charge < -0.3 is 15.4 Å². The van der Waals surface area contributed by atoms with Crippen LogP contribution in [-0.2, 0) is 13.1 Å². The third-order valence-electron chi connectivity index (χ3n) is 5.43. The lowest BCUT2D eigenvalue weighted by atomic mass is 10.1. The number of hydrogen-bond donors (Lipinski definition) is 2. The zero-order chi connectivity index (χ0) is 22.4. The van der Waals surface area contributed by atoms with Crippen LogP contribution in [0.4, 0.5) is 10.2 Å². The lowest BCUT2D eigenvalue weighted by molar-refractivity contribution is 0.469. The molecule has 5 aromatic rings. The van der Waals surface area contributed by atoms with E-state index < -0.39 is 5.82 Å². The number of nitrogens with zero attached hydrogens (tertiary/aromatic N) is 5. The Morgan fingerprint density at radius 2 is 1.94 bits per heavy atom. The van der Waals surface area contributed by atoms with Crippen molar-refractivity contribution < 1.29 is 9.50 Å². The number of aromatic hydroxyl groups is 1. The highest BCUT2D eigenvalue weighted by Gasteiger charge is 2.19. The van der Waals surface area contributed by atoms with Crippen LogP contribution >= 0.6 is 0 Å². The van der Waals surface area contributed by atoms with Gasteiger partial charge in [0.2, 0.25) is 0 Å². The smallest absolute Gasteiger partial charge is 0.256 e. The van der Waals surface area contributed by atoms with Crippen molar-refractivity contribution in [2.24, 2.45) is 0 Å². The average Bonchev–Trinajstić information content (AvgIpc) is 3.13. The maximum absolute atomic E-state index is 14.0. The van der Waals surface area contributed by atoms with Gasteiger partial charge in [0, 0.05) is 23.7 Å². The van der Waals surface area contributed by atoms with Crippen LogP contribution < -0.4 is 11.3 Å². The number of nitrogen functional groups attached to an aromatic ring is 1. The van der Waals surface area contributed by atoms with Gasteiger partial charge in [-0.15, -0.1) is 0 Å². The Kier molecular flexibility index (Phi) is 4.58. The Balaban J connectivity index is 1.72. The van der Waals surface area contributed by atoms with Crippen LogP contribution in [0.2, 0.25) is 0 Å². The van der Waals surface area contributed by atoms with Gasteiger partial charge in [-0.1, -0.05) is 18.2 Å². The molecule has 0 spiro atoms. The number of hydrogen-bond acceptors (Lipinski definition) is 6. The van der Waals surface area contributed by atoms with E-state index >= 15 is 0 Å². The van der Waals surface area contributed by atoms with Gasteiger partial charge in [0.1, 0.15) is 29.4 Å². The molecule has 0 saturated carbocycles. The molecule has 9 heteroatoms. The second kappa shape index (κ2) is 7.45. The average molecular weight is 430 g/mol. The fraction of sp³-hybridized carbons (Fsp3) is 0.130. The second-order valence-corrected chi connectivity index (χ2v) is 7.44. The first kappa shape index (κ1) is 19.7. The maximum Gasteiger partial charge on any atom is 0.256 e. The van der Waals surface area contributed by atoms with Gasteiger partial charge in [-0.05, 0) is 36.6 Å². The lowest BCUT2D eigenvalue weighted by Crippen LogP contribution is -2.25. The molecular formula is C23H19FN6O2. The number of phenolic OH excluding ortho intramolecular Hbond substituents is 1. The van der Waals surface area contributed by atoms with Crippen LogP contribution in [0.1, 0.15) is 12.5 Å². The van der Waals surface area contributed by atoms with Crippen molar-refractivity contribution in [3.63, 3.8) is 0 Å². The molecule has 0 radical (unpaired) electrons. The molecule has 8 nitrogen and oxygen atoms in total. The largest absolute Gasteiger partial charge is 0.508 e. The Morgan fingerprint density at radius 1 is 1.12 bits per heavy atom. The topological polar surface area (TPSA) is 112 Å². The van der Waals surface area contributed by atoms with Crippen LogP contribution in [0.25, 0.3) is 33.2 Å². The molecule has 3 aromatic heterocycles. The van der Waals surface area contributed by atoms with Crippen molar-refractivity contribution in [1.29, 1.82) is 0 Å². The molecule has 0 aliphatic rings. The molecule has 0 amide bonds. The number of rotatable bonds is 4. The van der Waals surface area contributed by atoms with Crippen LogP contribution in [0.15, 0.2) is 59.7 Å². The highest BCUT2D eigenvalue weighted by Crippen LogP contribution is 2.32. The van der Waals surface area contributed by atoms with Crippen molar-refractivity contribution in [3.05, 3.63) is 76.6 Å². The minimum atomic E-state index is -0.613. The number of para-hydroxylation sites is 1. The number of phenols is 1. The molecule has 32 heavy (non-hydrogen) atoms. The minimum absolute atomic E-state index is 0.123. The first-order chi connectivity index (χ1) is 15.5. The van der Waals surface area contributed by atoms with E-state index in [4.69, 9.17) is 5.73 Å². The van der Waals surface area contributed by atoms with Gasteiger partial charge in [-0.3, -0.25) is 4.79 Å². The van der Waals surface area contributed by atoms with E-state index in [-0.39, 0.29) is 23.7 Å². The summed E-state index contributed by atoms with van der Waals surface area (Å²) in [6.07, 6.45) is 1.31. The zero-order valence-corrected chi connectivity index (χ0v) is 17.2. The summed E-state index contributed by atoms with van der Waals surface area (Å²) in [6, 6.07) is 13.2. The molecule has 2 aromatic carbocycles. The molecule has 0 aliphatic carbocycles. The summed E-state index contributed by atoms with van der Waals surface area (Å²) >= 11 is 0. The molecule has 0 atom stereocenters. The van der Waals surface area contributed by atoms with Crippen LogP contribution in [0.3, 0.4) is 0 Å². The van der Waals surface area contributed by atoms with Crippen molar-refractivity contribution in [3.8, 4) is 17.0 Å². The molecule has 0 saturated heterocycles. The van der Waals surface area contributed by atoms with Crippen LogP contribution in [-0.4, -0.2) is 29.4 Å². The first-order valence-electron chi connectivity index (χ1n) is 10.0. The van der Waals surface area contributed by atoms with E-state index in [1.807, 2.05) is 37.3 Å². The molecule has 0 fully saturated rings. The number of pyridine rings is 1. The van der Waals surface area contributed by atoms with Crippen molar-refractivity contribution in [2.75, 3.05) is 5.73 Å². The maximum atomic E-state index is 14.0. The molecule has 3 heterocycles. The fourth-order valence-corrected chi connectivity index (χ4v) is 4.03. The SMILES string of the molecule is CCn1c(=O)c(Cn2nc(-c3cc(O)cc(F)c3)c3c(N)ncnc32)cc2ccccc21. The summed E-state index contributed by atoms with van der Waals surface area (Å²) in [6.45, 7) is 2.58. The summed E-state index contributed by atoms with van der Waals surface area (Å²) in [5.74, 6) is -0.679. The number of fused-ring (bicyclic) bond motifs is 2. The van der Waals surface area contributed by atoms with E-state index in [9.17, 15) is 14.3 Å². The summed E-state index contributed by atoms with van der Waals surface area (Å²) < 4.78 is 17.2. The van der Waals surface area contributed by atoms with Crippen molar-refractivity contribution in [2.45, 2.75) is 20.0 Å². The molecule has 3 N–H and O–H groups in total. The fourth-order valence-electron chi connectivity index (χ4n) is 4.03. The predicted molar refractivity (Wildman–Crippen MR) is 120 cm³/mol. The molecule has 160 valence electrons. The summed E-state index contributed by atoms with van der Waals surface area (Å²) in [4.78, 5) is 21.5. The monoisotopic (exact) mass is 430 g/mol. The van der Waals surface area contributed by atoms with E-state index in [1.54, 1.807) is 9.25 Å². The molecule has 0 bridgehead atoms. The van der Waals surface area contributed by atoms with E-state index in [0.717, 1.165) is 17.0 Å². The molecule has 0 aliphatic heterocycles. The van der Waals surface area contributed by atoms with Crippen LogP contribution in [0, 0.1) is 5.82 Å². The number of halogens is 1. The third-order valence-corrected chi connectivity index (χ3v) is 5.43. The number of benzene rings is 2. The Morgan fingerprint density at radius 3 is 2.72 bits per heavy atom. The lowest BCUT2D eigenvalue weighted by Gasteiger charge is -2.11. The van der Waals surface area contributed by atoms with Gasteiger partial charge in [0.25, 0.3) is 5.56 Å². The Labute approximate surface area is 181 Å². The number of anilines is 1. The standard InChI is InChI=1S/C23H19FN6O2/c1-2-29-18-6-4-3-5-13(18)7-15(23(29)32)11-30-22-19(21(25)26-12-27-22)20(28-30)14-8-16(24)10-17(31)9-14/h3-10,12,31H,2,11H2,1H3,(H2,25,26,27). The quantitative estimate of drug-likeness (QED) is 0.452. The zero-order valence-electron chi connectivity index (χ0n) is 17.2. The summed E-state index contributed by atoms with van der Waals surface area (Å²) in [7, 11) is 0. The Bertz CT molecular complexity index is 1540. The normalized spacial score (nSPS) is 11.4. The van der Waals surface area contributed by atoms with Crippen molar-refractivity contribution >= 4 is 27.8 Å². The molecule has 5 rings (SSSR count). The van der Waals surface area contributed by atoms with Crippen molar-refractivity contribution in [1.82, 2.24) is 24.3 Å². The predicted octanol–water partition coefficient (Wildman–Crippen LogP) is 3.30. The summed E-state index contributed by atoms with van der Waals surface area (Å²) in [5, 5.41) is 15.8. The van der Waals surface area contributed by atoms with Gasteiger partial charge in [0.15, 0.2) is 5.65 Å². The number of aryl methyl sites for hydroxylation is 1. The Hall–Kier alpha value is -4.27. The highest BCUT2D eigenvalue weighted by molar-refractivity contribution is 5.98. The van der Waals surface area contributed by atoms with E-state index in [2.05, 4.69) is 15.1 Å². The third kappa shape index (κ3) is 3.15. The van der Waals surface area contributed by atoms with E-state index in [0.29, 0.717) is 34.4 Å². The molecule has 0 unspecified atom stereocenters. The first-order valence-corrected chi connectivity index (χ1v) is 10.0. The van der Waals surface area contributed by atoms with Gasteiger partial charge in [-0.25, -0.2) is 19.0 Å². The number of aromatic nitrogens is 5. The second-order valence-electron chi connectivity index (χ2n) is 7.44. The van der Waals surface area contributed by atoms with Gasteiger partial charge in [0.05, 0.1) is 17.4 Å². The summed E-state index contributed by atoms with van der Waals surface area (Å²) in [5.41, 5.74) is 8.43. The minimum Gasteiger partial charge on any atom is -0.508 e. The number of nitrogens with two attached hydrogens (primary N) is 1. The van der Waals surface area contributed by atoms with Gasteiger partial charge >= 0.3 is 0 Å². The van der Waals surface area contributed by atoms with Gasteiger partial charge in [-0.2, -0.15) is 5.10 Å². The van der Waals surface area contributed by atoms with Crippen LogP contribution in [0.5, 0.6) is 5.75 Å². The van der Waals surface area contributed by atoms with E-state index in [1.165, 1.54) is 18.5 Å².